The zero-order chi connectivity index (χ0) is 28.8. The first-order valence-corrected chi connectivity index (χ1v) is 17.2. The van der Waals surface area contributed by atoms with Gasteiger partial charge in [0.15, 0.2) is 0 Å². The molecule has 3 heterocycles. The number of anilines is 3. The molecule has 10 rings (SSSR count). The molecule has 0 unspecified atom stereocenters. The van der Waals surface area contributed by atoms with Crippen LogP contribution in [0.25, 0.3) is 71.3 Å². The summed E-state index contributed by atoms with van der Waals surface area (Å²) in [7, 11) is 0. The van der Waals surface area contributed by atoms with Crippen LogP contribution in [0.4, 0.5) is 17.1 Å². The quantitative estimate of drug-likeness (QED) is 0.192. The van der Waals surface area contributed by atoms with Crippen LogP contribution in [0.15, 0.2) is 140 Å². The highest BCUT2D eigenvalue weighted by atomic mass is 32.1. The Balaban J connectivity index is 1.21. The van der Waals surface area contributed by atoms with Gasteiger partial charge in [-0.05, 0) is 83.6 Å². The number of rotatable bonds is 3. The zero-order valence-electron chi connectivity index (χ0n) is 23.5. The molecule has 0 aliphatic heterocycles. The van der Waals surface area contributed by atoms with E-state index >= 15 is 0 Å². The Bertz CT molecular complexity index is 2740. The zero-order valence-corrected chi connectivity index (χ0v) is 25.9. The highest BCUT2D eigenvalue weighted by Crippen LogP contribution is 2.44. The van der Waals surface area contributed by atoms with Crippen LogP contribution in [0.2, 0.25) is 0 Å². The van der Waals surface area contributed by atoms with Gasteiger partial charge in [0.2, 0.25) is 0 Å². The second-order valence-electron chi connectivity index (χ2n) is 11.4. The van der Waals surface area contributed by atoms with E-state index < -0.39 is 0 Å². The largest absolute Gasteiger partial charge is 0.310 e. The minimum Gasteiger partial charge on any atom is -0.310 e. The summed E-state index contributed by atoms with van der Waals surface area (Å²) in [6.07, 6.45) is 0. The molecule has 0 N–H and O–H groups in total. The van der Waals surface area contributed by atoms with Gasteiger partial charge in [-0.25, -0.2) is 0 Å². The number of fused-ring (bicyclic) bond motifs is 10. The molecule has 0 fully saturated rings. The van der Waals surface area contributed by atoms with Gasteiger partial charge in [0.25, 0.3) is 0 Å². The highest BCUT2D eigenvalue weighted by molar-refractivity contribution is 7.26. The Hall–Kier alpha value is -4.74. The molecular weight excluding hydrogens is 591 g/mol. The van der Waals surface area contributed by atoms with Crippen molar-refractivity contribution in [1.82, 2.24) is 0 Å². The maximum atomic E-state index is 2.43. The Labute approximate surface area is 265 Å². The second-order valence-corrected chi connectivity index (χ2v) is 14.6. The Kier molecular flexibility index (Phi) is 5.26. The van der Waals surface area contributed by atoms with Gasteiger partial charge in [0.05, 0.1) is 0 Å². The van der Waals surface area contributed by atoms with Gasteiger partial charge in [-0.3, -0.25) is 0 Å². The molecule has 0 aliphatic carbocycles. The number of hydrogen-bond acceptors (Lipinski definition) is 4. The van der Waals surface area contributed by atoms with Crippen LogP contribution in [0.3, 0.4) is 0 Å². The van der Waals surface area contributed by atoms with Crippen LogP contribution < -0.4 is 4.90 Å². The summed E-state index contributed by atoms with van der Waals surface area (Å²) in [5, 5.41) is 10.5. The fourth-order valence-corrected chi connectivity index (χ4v) is 10.1. The van der Waals surface area contributed by atoms with Crippen LogP contribution in [-0.4, -0.2) is 0 Å². The molecule has 206 valence electrons. The predicted molar refractivity (Wildman–Crippen MR) is 197 cm³/mol. The lowest BCUT2D eigenvalue weighted by atomic mass is 10.0. The Morgan fingerprint density at radius 3 is 1.50 bits per heavy atom. The number of hydrogen-bond donors (Lipinski definition) is 0. The van der Waals surface area contributed by atoms with E-state index in [9.17, 15) is 0 Å². The Morgan fingerprint density at radius 2 is 0.773 bits per heavy atom. The van der Waals surface area contributed by atoms with E-state index in [1.165, 1.54) is 82.7 Å². The first kappa shape index (κ1) is 24.7. The Morgan fingerprint density at radius 1 is 0.295 bits per heavy atom. The van der Waals surface area contributed by atoms with Gasteiger partial charge in [0, 0.05) is 77.6 Å². The maximum Gasteiger partial charge on any atom is 0.0476 e. The minimum absolute atomic E-state index is 1.16. The molecule has 0 saturated heterocycles. The third-order valence-corrected chi connectivity index (χ3v) is 12.2. The van der Waals surface area contributed by atoms with E-state index in [0.717, 1.165) is 5.69 Å². The molecule has 0 bridgehead atoms. The van der Waals surface area contributed by atoms with E-state index in [1.54, 1.807) is 0 Å². The van der Waals surface area contributed by atoms with E-state index in [2.05, 4.69) is 144 Å². The van der Waals surface area contributed by atoms with Gasteiger partial charge >= 0.3 is 0 Å². The van der Waals surface area contributed by atoms with Crippen molar-refractivity contribution in [3.05, 3.63) is 140 Å². The first-order chi connectivity index (χ1) is 21.8. The van der Waals surface area contributed by atoms with Crippen LogP contribution in [-0.2, 0) is 0 Å². The first-order valence-electron chi connectivity index (χ1n) is 14.7. The van der Waals surface area contributed by atoms with Crippen LogP contribution >= 0.6 is 34.0 Å². The SMILES string of the molecule is c1ccc2c(c1)sc1cc(N(c3ccc4cc5c(cc4c3)sc3ccccc35)c3ccc4sc5ccccc5c4c3)ccc12. The van der Waals surface area contributed by atoms with Crippen molar-refractivity contribution < 1.29 is 0 Å². The molecule has 4 heteroatoms. The number of nitrogens with zero attached hydrogens (tertiary/aromatic N) is 1. The summed E-state index contributed by atoms with van der Waals surface area (Å²) >= 11 is 5.62. The molecule has 0 aliphatic rings. The molecule has 0 atom stereocenters. The van der Waals surface area contributed by atoms with E-state index in [0.29, 0.717) is 0 Å². The molecule has 7 aromatic carbocycles. The molecule has 0 saturated carbocycles. The molecule has 0 amide bonds. The molecule has 44 heavy (non-hydrogen) atoms. The third-order valence-electron chi connectivity index (χ3n) is 8.82. The normalized spacial score (nSPS) is 12.1. The van der Waals surface area contributed by atoms with E-state index in [-0.39, 0.29) is 0 Å². The smallest absolute Gasteiger partial charge is 0.0476 e. The average Bonchev–Trinajstić information content (AvgIpc) is 3.74. The predicted octanol–water partition coefficient (Wildman–Crippen LogP) is 13.4. The van der Waals surface area contributed by atoms with Gasteiger partial charge < -0.3 is 4.90 Å². The van der Waals surface area contributed by atoms with Crippen LogP contribution in [0.5, 0.6) is 0 Å². The molecule has 1 nitrogen and oxygen atoms in total. The molecular formula is C40H23NS3. The molecule has 0 spiro atoms. The van der Waals surface area contributed by atoms with Crippen molar-refractivity contribution in [2.45, 2.75) is 0 Å². The lowest BCUT2D eigenvalue weighted by molar-refractivity contribution is 1.30. The second kappa shape index (κ2) is 9.38. The number of benzene rings is 7. The lowest BCUT2D eigenvalue weighted by Gasteiger charge is -2.26. The van der Waals surface area contributed by atoms with Gasteiger partial charge in [0.1, 0.15) is 0 Å². The van der Waals surface area contributed by atoms with E-state index in [4.69, 9.17) is 0 Å². The summed E-state index contributed by atoms with van der Waals surface area (Å²) in [6, 6.07) is 51.8. The van der Waals surface area contributed by atoms with Crippen LogP contribution in [0.1, 0.15) is 0 Å². The monoisotopic (exact) mass is 613 g/mol. The average molecular weight is 614 g/mol. The van der Waals surface area contributed by atoms with Crippen molar-refractivity contribution >= 4 is 122 Å². The van der Waals surface area contributed by atoms with Gasteiger partial charge in [-0.1, -0.05) is 66.7 Å². The van der Waals surface area contributed by atoms with E-state index in [1.807, 2.05) is 34.0 Å². The molecule has 3 aromatic heterocycles. The molecule has 0 radical (unpaired) electrons. The third kappa shape index (κ3) is 3.69. The summed E-state index contributed by atoms with van der Waals surface area (Å²) < 4.78 is 7.96. The van der Waals surface area contributed by atoms with Crippen molar-refractivity contribution in [3.63, 3.8) is 0 Å². The number of thiophene rings is 3. The van der Waals surface area contributed by atoms with Crippen molar-refractivity contribution in [2.75, 3.05) is 4.90 Å². The topological polar surface area (TPSA) is 3.24 Å². The standard InChI is InChI=1S/C40H23NS3/c1-4-10-35-29(7-1)32-17-15-28(23-40(32)44-35)41(27-16-18-38-34(22-27)31-9-3-5-11-36(31)42-38)26-14-13-24-20-33-30-8-2-6-12-37(30)43-39(33)21-25(24)19-26/h1-23H. The lowest BCUT2D eigenvalue weighted by Crippen LogP contribution is -2.09. The van der Waals surface area contributed by atoms with Crippen molar-refractivity contribution in [2.24, 2.45) is 0 Å². The minimum atomic E-state index is 1.16. The summed E-state index contributed by atoms with van der Waals surface area (Å²) in [5.41, 5.74) is 3.51. The maximum absolute atomic E-state index is 2.43. The highest BCUT2D eigenvalue weighted by Gasteiger charge is 2.17. The summed E-state index contributed by atoms with van der Waals surface area (Å²) in [5.74, 6) is 0. The van der Waals surface area contributed by atoms with Gasteiger partial charge in [-0.15, -0.1) is 34.0 Å². The van der Waals surface area contributed by atoms with Crippen molar-refractivity contribution in [3.8, 4) is 0 Å². The molecule has 10 aromatic rings. The van der Waals surface area contributed by atoms with Crippen LogP contribution in [0, 0.1) is 0 Å². The fourth-order valence-electron chi connectivity index (χ4n) is 6.75. The summed E-state index contributed by atoms with van der Waals surface area (Å²) in [4.78, 5) is 2.43. The fraction of sp³-hybridized carbons (Fsp3) is 0. The van der Waals surface area contributed by atoms with Crippen molar-refractivity contribution in [1.29, 1.82) is 0 Å². The summed E-state index contributed by atoms with van der Waals surface area (Å²) in [6.45, 7) is 0. The van der Waals surface area contributed by atoms with Gasteiger partial charge in [-0.2, -0.15) is 0 Å².